The first-order chi connectivity index (χ1) is 22.2. The molecule has 1 aliphatic heterocycles. The van der Waals surface area contributed by atoms with Crippen molar-refractivity contribution in [3.05, 3.63) is 71.4 Å². The average molecular weight is 712 g/mol. The summed E-state index contributed by atoms with van der Waals surface area (Å²) in [7, 11) is -6.37. The summed E-state index contributed by atoms with van der Waals surface area (Å²) in [6, 6.07) is 11.3. The summed E-state index contributed by atoms with van der Waals surface area (Å²) < 4.78 is 82.4. The van der Waals surface area contributed by atoms with Crippen molar-refractivity contribution in [3.63, 3.8) is 0 Å². The Morgan fingerprint density at radius 2 is 1.83 bits per heavy atom. The highest BCUT2D eigenvalue weighted by molar-refractivity contribution is 7.92. The summed E-state index contributed by atoms with van der Waals surface area (Å²) in [5, 5.41) is 11.9. The lowest BCUT2D eigenvalue weighted by Crippen LogP contribution is -2.48. The molecule has 0 aliphatic carbocycles. The second kappa shape index (κ2) is 15.9. The molecular weight excluding hydrogens is 670 g/mol. The van der Waals surface area contributed by atoms with Gasteiger partial charge in [0.15, 0.2) is 0 Å². The van der Waals surface area contributed by atoms with Crippen LogP contribution < -0.4 is 9.46 Å². The summed E-state index contributed by atoms with van der Waals surface area (Å²) in [5.74, 6) is -1.22. The van der Waals surface area contributed by atoms with E-state index in [1.54, 1.807) is 24.4 Å². The molecule has 15 heteroatoms. The standard InChI is InChI=1S/C32H42FN3O8S3/c1-22-19-36(23(2)21-37)32(38)28-18-26(34-46(39,40)27-13-10-25(33)11-14-27)12-15-29(28)44-24(3)8-5-6-16-43-30(22)20-35(4)47(41,42)31-9-7-17-45-31/h7,9-15,17-18,22-24,30,34,37H,5-6,8,16,19-21H2,1-4H3/t22-,23+,24-,30+/m0/s1. The van der Waals surface area contributed by atoms with Crippen LogP contribution in [0.3, 0.4) is 0 Å². The van der Waals surface area contributed by atoms with Crippen LogP contribution in [-0.2, 0) is 24.8 Å². The summed E-state index contributed by atoms with van der Waals surface area (Å²) in [5.41, 5.74) is 0.167. The number of sulfonamides is 2. The zero-order valence-electron chi connectivity index (χ0n) is 26.8. The number of thiophene rings is 1. The lowest BCUT2D eigenvalue weighted by molar-refractivity contribution is -0.00832. The highest BCUT2D eigenvalue weighted by Gasteiger charge is 2.33. The lowest BCUT2D eigenvalue weighted by Gasteiger charge is -2.35. The smallest absolute Gasteiger partial charge is 0.261 e. The van der Waals surface area contributed by atoms with Gasteiger partial charge in [-0.3, -0.25) is 9.52 Å². The van der Waals surface area contributed by atoms with E-state index in [4.69, 9.17) is 9.47 Å². The first kappa shape index (κ1) is 36.8. The predicted octanol–water partition coefficient (Wildman–Crippen LogP) is 4.80. The van der Waals surface area contributed by atoms with Gasteiger partial charge >= 0.3 is 0 Å². The van der Waals surface area contributed by atoms with Crippen molar-refractivity contribution >= 4 is 43.0 Å². The molecule has 0 fully saturated rings. The minimum absolute atomic E-state index is 0.0440. The number of benzene rings is 2. The number of anilines is 1. The topological polar surface area (TPSA) is 143 Å². The number of fused-ring (bicyclic) bond motifs is 1. The van der Waals surface area contributed by atoms with E-state index in [-0.39, 0.29) is 57.8 Å². The Morgan fingerprint density at radius 3 is 2.49 bits per heavy atom. The van der Waals surface area contributed by atoms with Crippen molar-refractivity contribution in [2.45, 2.75) is 67.4 Å². The maximum absolute atomic E-state index is 14.3. The van der Waals surface area contributed by atoms with E-state index in [1.165, 1.54) is 34.5 Å². The largest absolute Gasteiger partial charge is 0.490 e. The van der Waals surface area contributed by atoms with Crippen LogP contribution in [0.15, 0.2) is 69.1 Å². The molecule has 0 bridgehead atoms. The second-order valence-electron chi connectivity index (χ2n) is 11.8. The fourth-order valence-corrected chi connectivity index (χ4v) is 8.63. The molecule has 0 radical (unpaired) electrons. The van der Waals surface area contributed by atoms with Crippen LogP contribution in [0.25, 0.3) is 0 Å². The molecule has 1 amide bonds. The summed E-state index contributed by atoms with van der Waals surface area (Å²) >= 11 is 1.13. The quantitative estimate of drug-likeness (QED) is 0.322. The minimum Gasteiger partial charge on any atom is -0.490 e. The third-order valence-electron chi connectivity index (χ3n) is 8.02. The molecule has 0 saturated heterocycles. The Kier molecular flexibility index (Phi) is 12.4. The number of carbonyl (C=O) groups excluding carboxylic acids is 1. The predicted molar refractivity (Wildman–Crippen MR) is 178 cm³/mol. The third kappa shape index (κ3) is 9.30. The van der Waals surface area contributed by atoms with E-state index < -0.39 is 43.9 Å². The van der Waals surface area contributed by atoms with E-state index in [9.17, 15) is 31.1 Å². The van der Waals surface area contributed by atoms with Gasteiger partial charge in [0.2, 0.25) is 0 Å². The van der Waals surface area contributed by atoms with Crippen molar-refractivity contribution in [2.24, 2.45) is 5.92 Å². The number of rotatable bonds is 9. The van der Waals surface area contributed by atoms with E-state index in [1.807, 2.05) is 13.8 Å². The Morgan fingerprint density at radius 1 is 1.11 bits per heavy atom. The summed E-state index contributed by atoms with van der Waals surface area (Å²) in [6.07, 6.45) is 1.20. The molecular formula is C32H42FN3O8S3. The van der Waals surface area contributed by atoms with E-state index in [0.717, 1.165) is 42.0 Å². The van der Waals surface area contributed by atoms with Gasteiger partial charge in [0, 0.05) is 38.3 Å². The number of aliphatic hydroxyl groups is 1. The number of carbonyl (C=O) groups is 1. The Hall–Kier alpha value is -3.08. The third-order valence-corrected chi connectivity index (χ3v) is 12.6. The molecule has 2 N–H and O–H groups in total. The highest BCUT2D eigenvalue weighted by atomic mass is 32.2. The molecule has 0 unspecified atom stereocenters. The van der Waals surface area contributed by atoms with Gasteiger partial charge in [-0.05, 0) is 87.0 Å². The zero-order chi connectivity index (χ0) is 34.4. The van der Waals surface area contributed by atoms with Crippen LogP contribution in [-0.4, -0.2) is 88.7 Å². The molecule has 1 aromatic heterocycles. The van der Waals surface area contributed by atoms with Gasteiger partial charge in [-0.2, -0.15) is 4.31 Å². The molecule has 4 rings (SSSR count). The molecule has 1 aliphatic rings. The number of amides is 1. The van der Waals surface area contributed by atoms with E-state index >= 15 is 0 Å². The summed E-state index contributed by atoms with van der Waals surface area (Å²) in [6.45, 7) is 5.57. The van der Waals surface area contributed by atoms with Crippen LogP contribution in [0.5, 0.6) is 5.75 Å². The van der Waals surface area contributed by atoms with Crippen molar-refractivity contribution in [2.75, 3.05) is 38.1 Å². The molecule has 11 nitrogen and oxygen atoms in total. The van der Waals surface area contributed by atoms with Gasteiger partial charge in [-0.1, -0.05) is 13.0 Å². The Labute approximate surface area is 280 Å². The van der Waals surface area contributed by atoms with Gasteiger partial charge in [0.05, 0.1) is 35.3 Å². The van der Waals surface area contributed by atoms with Crippen molar-refractivity contribution in [1.82, 2.24) is 9.21 Å². The first-order valence-electron chi connectivity index (χ1n) is 15.3. The van der Waals surface area contributed by atoms with Crippen LogP contribution in [0, 0.1) is 11.7 Å². The van der Waals surface area contributed by atoms with Crippen molar-refractivity contribution < 1.29 is 40.6 Å². The zero-order valence-corrected chi connectivity index (χ0v) is 29.3. The van der Waals surface area contributed by atoms with Gasteiger partial charge in [0.25, 0.3) is 26.0 Å². The molecule has 0 saturated carbocycles. The Bertz CT molecular complexity index is 1700. The first-order valence-corrected chi connectivity index (χ1v) is 19.2. The normalized spacial score (nSPS) is 21.0. The van der Waals surface area contributed by atoms with Crippen molar-refractivity contribution in [3.8, 4) is 5.75 Å². The molecule has 3 aromatic rings. The molecule has 47 heavy (non-hydrogen) atoms. The maximum atomic E-state index is 14.3. The molecule has 0 spiro atoms. The number of halogens is 1. The minimum atomic E-state index is -4.12. The second-order valence-corrected chi connectivity index (χ2v) is 16.7. The maximum Gasteiger partial charge on any atom is 0.261 e. The lowest BCUT2D eigenvalue weighted by atomic mass is 10.0. The Balaban J connectivity index is 1.68. The van der Waals surface area contributed by atoms with E-state index in [2.05, 4.69) is 4.72 Å². The number of nitrogens with one attached hydrogen (secondary N) is 1. The molecule has 2 heterocycles. The monoisotopic (exact) mass is 711 g/mol. The fourth-order valence-electron chi connectivity index (χ4n) is 5.19. The van der Waals surface area contributed by atoms with Crippen LogP contribution >= 0.6 is 11.3 Å². The number of nitrogens with zero attached hydrogens (tertiary/aromatic N) is 2. The number of aliphatic hydroxyl groups excluding tert-OH is 1. The summed E-state index contributed by atoms with van der Waals surface area (Å²) in [4.78, 5) is 15.6. The number of hydrogen-bond acceptors (Lipinski definition) is 9. The van der Waals surface area contributed by atoms with Gasteiger partial charge in [0.1, 0.15) is 15.8 Å². The fraction of sp³-hybridized carbons (Fsp3) is 0.469. The number of likely N-dealkylation sites (N-methyl/N-ethyl adjacent to an activating group) is 1. The van der Waals surface area contributed by atoms with Gasteiger partial charge < -0.3 is 19.5 Å². The molecule has 4 atom stereocenters. The average Bonchev–Trinajstić information content (AvgIpc) is 3.59. The van der Waals surface area contributed by atoms with Gasteiger partial charge in [-0.15, -0.1) is 11.3 Å². The number of ether oxygens (including phenoxy) is 2. The number of hydrogen-bond donors (Lipinski definition) is 2. The van der Waals surface area contributed by atoms with Crippen LogP contribution in [0.1, 0.15) is 50.4 Å². The van der Waals surface area contributed by atoms with E-state index in [0.29, 0.717) is 19.4 Å². The van der Waals surface area contributed by atoms with Crippen molar-refractivity contribution in [1.29, 1.82) is 0 Å². The molecule has 2 aromatic carbocycles. The molecule has 258 valence electrons. The van der Waals surface area contributed by atoms with Crippen LogP contribution in [0.2, 0.25) is 0 Å². The highest BCUT2D eigenvalue weighted by Crippen LogP contribution is 2.30. The van der Waals surface area contributed by atoms with Crippen LogP contribution in [0.4, 0.5) is 10.1 Å². The van der Waals surface area contributed by atoms with Gasteiger partial charge in [-0.25, -0.2) is 21.2 Å². The SMILES string of the molecule is C[C@H](CO)N1C[C@H](C)[C@@H](CN(C)S(=O)(=O)c2cccs2)OCCCC[C@H](C)Oc2ccc(NS(=O)(=O)c3ccc(F)cc3)cc2C1=O.